The van der Waals surface area contributed by atoms with E-state index in [0.717, 1.165) is 0 Å². The average molecular weight is 504 g/mol. The fraction of sp³-hybridized carbons (Fsp3) is 0.520. The predicted molar refractivity (Wildman–Crippen MR) is 128 cm³/mol. The van der Waals surface area contributed by atoms with Crippen LogP contribution >= 0.6 is 0 Å². The van der Waals surface area contributed by atoms with Crippen LogP contribution in [0, 0.1) is 23.1 Å². The summed E-state index contributed by atoms with van der Waals surface area (Å²) in [4.78, 5) is 41.0. The molecule has 9 nitrogen and oxygen atoms in total. The van der Waals surface area contributed by atoms with E-state index in [0.29, 0.717) is 17.3 Å². The molecule has 3 rings (SSSR count). The van der Waals surface area contributed by atoms with E-state index in [4.69, 9.17) is 4.74 Å². The number of aromatic amines is 1. The van der Waals surface area contributed by atoms with Crippen molar-refractivity contribution >= 4 is 28.6 Å². The van der Waals surface area contributed by atoms with E-state index >= 15 is 0 Å². The highest BCUT2D eigenvalue weighted by Crippen LogP contribution is 2.29. The second-order valence-electron chi connectivity index (χ2n) is 10.4. The van der Waals surface area contributed by atoms with Crippen LogP contribution in [0.2, 0.25) is 0 Å². The Kier molecular flexibility index (Phi) is 7.57. The maximum atomic E-state index is 14.5. The van der Waals surface area contributed by atoms with Gasteiger partial charge in [-0.25, -0.2) is 8.78 Å². The van der Waals surface area contributed by atoms with Crippen LogP contribution in [0.5, 0.6) is 5.75 Å². The number of methoxy groups -OCH3 is 1. The smallest absolute Gasteiger partial charge is 0.268 e. The number of halogens is 2. The summed E-state index contributed by atoms with van der Waals surface area (Å²) >= 11 is 0. The minimum Gasteiger partial charge on any atom is -0.496 e. The van der Waals surface area contributed by atoms with Crippen molar-refractivity contribution in [2.24, 2.45) is 5.92 Å². The third kappa shape index (κ3) is 6.50. The van der Waals surface area contributed by atoms with Crippen LogP contribution in [-0.4, -0.2) is 53.1 Å². The molecule has 194 valence electrons. The van der Waals surface area contributed by atoms with Gasteiger partial charge in [0.25, 0.3) is 5.91 Å². The molecule has 4 N–H and O–H groups in total. The maximum Gasteiger partial charge on any atom is 0.268 e. The van der Waals surface area contributed by atoms with Crippen LogP contribution in [-0.2, 0) is 9.59 Å². The molecule has 1 aromatic heterocycles. The molecule has 1 saturated heterocycles. The number of rotatable bonds is 9. The molecule has 0 unspecified atom stereocenters. The molecule has 11 heteroatoms. The summed E-state index contributed by atoms with van der Waals surface area (Å²) in [5, 5.41) is 17.9. The number of alkyl halides is 1. The molecule has 0 aliphatic carbocycles. The molecule has 0 saturated carbocycles. The minimum absolute atomic E-state index is 0.0186. The van der Waals surface area contributed by atoms with E-state index in [2.05, 4.69) is 20.9 Å². The summed E-state index contributed by atoms with van der Waals surface area (Å²) in [5.41, 5.74) is -1.90. The van der Waals surface area contributed by atoms with Crippen molar-refractivity contribution in [2.45, 2.75) is 70.2 Å². The third-order valence-electron chi connectivity index (χ3n) is 6.02. The molecule has 2 aromatic rings. The fourth-order valence-corrected chi connectivity index (χ4v) is 4.48. The Morgan fingerprint density at radius 2 is 2.00 bits per heavy atom. The molecule has 3 amide bonds. The normalized spacial score (nSPS) is 18.7. The number of hydrogen-bond donors (Lipinski definition) is 4. The van der Waals surface area contributed by atoms with Crippen molar-refractivity contribution in [3.63, 3.8) is 0 Å². The number of H-pyrrole nitrogens is 1. The van der Waals surface area contributed by atoms with Crippen LogP contribution < -0.4 is 20.7 Å². The molecular weight excluding hydrogens is 472 g/mol. The first-order valence-electron chi connectivity index (χ1n) is 11.6. The number of hydrogen-bond acceptors (Lipinski definition) is 5. The van der Waals surface area contributed by atoms with Crippen LogP contribution in [0.1, 0.15) is 57.4 Å². The van der Waals surface area contributed by atoms with Crippen molar-refractivity contribution < 1.29 is 27.9 Å². The van der Waals surface area contributed by atoms with Crippen LogP contribution in [0.3, 0.4) is 0 Å². The van der Waals surface area contributed by atoms with E-state index in [-0.39, 0.29) is 30.2 Å². The van der Waals surface area contributed by atoms with Gasteiger partial charge in [-0.3, -0.25) is 14.4 Å². The summed E-state index contributed by atoms with van der Waals surface area (Å²) in [5.74, 6) is -2.48. The first kappa shape index (κ1) is 26.9. The van der Waals surface area contributed by atoms with Gasteiger partial charge >= 0.3 is 0 Å². The molecule has 1 aromatic carbocycles. The number of nitrogens with one attached hydrogen (secondary N) is 4. The number of aromatic nitrogens is 1. The topological polar surface area (TPSA) is 136 Å². The first-order chi connectivity index (χ1) is 16.7. The van der Waals surface area contributed by atoms with Gasteiger partial charge in [0.05, 0.1) is 18.7 Å². The van der Waals surface area contributed by atoms with E-state index in [1.165, 1.54) is 39.2 Å². The number of benzene rings is 1. The number of fused-ring (bicyclic) bond motifs is 1. The number of nitrogens with zero attached hydrogens (tertiary/aromatic N) is 1. The molecule has 2 heterocycles. The molecule has 0 spiro atoms. The second kappa shape index (κ2) is 10.1. The molecule has 36 heavy (non-hydrogen) atoms. The fourth-order valence-electron chi connectivity index (χ4n) is 4.48. The zero-order valence-corrected chi connectivity index (χ0v) is 20.9. The van der Waals surface area contributed by atoms with E-state index in [1.54, 1.807) is 0 Å². The lowest BCUT2D eigenvalue weighted by Crippen LogP contribution is -2.51. The minimum atomic E-state index is -1.82. The number of ether oxygens (including phenoxy) is 1. The zero-order chi connectivity index (χ0) is 26.8. The predicted octanol–water partition coefficient (Wildman–Crippen LogP) is 2.87. The molecule has 3 atom stereocenters. The van der Waals surface area contributed by atoms with Gasteiger partial charge in [-0.05, 0) is 52.7 Å². The Bertz CT molecular complexity index is 1210. The highest BCUT2D eigenvalue weighted by Gasteiger charge is 2.39. The number of amides is 3. The molecule has 0 bridgehead atoms. The summed E-state index contributed by atoms with van der Waals surface area (Å²) in [6.45, 7) is 6.27. The summed E-state index contributed by atoms with van der Waals surface area (Å²) in [6.07, 6.45) is 0.227. The molecule has 0 radical (unpaired) electrons. The Morgan fingerprint density at radius 3 is 2.56 bits per heavy atom. The average Bonchev–Trinajstić information content (AvgIpc) is 3.30. The molecule has 1 aliphatic rings. The number of nitriles is 1. The van der Waals surface area contributed by atoms with Crippen molar-refractivity contribution in [3.8, 4) is 11.8 Å². The lowest BCUT2D eigenvalue weighted by Gasteiger charge is -2.25. The van der Waals surface area contributed by atoms with Crippen molar-refractivity contribution in [1.29, 1.82) is 5.26 Å². The molecule has 1 aliphatic heterocycles. The van der Waals surface area contributed by atoms with E-state index < -0.39 is 46.8 Å². The molecular formula is C25H31F2N5O4. The zero-order valence-electron chi connectivity index (χ0n) is 20.9. The lowest BCUT2D eigenvalue weighted by molar-refractivity contribution is -0.126. The first-order valence-corrected chi connectivity index (χ1v) is 11.6. The summed E-state index contributed by atoms with van der Waals surface area (Å²) in [6, 6.07) is 3.46. The standard InChI is InChI=1S/C25H31F2N5O4/c1-24(2,27)11-19(23(35)29-15(12-28)6-13-10-25(3,4)32-21(13)33)31-22(34)18-9-16-17(30-18)7-14(26)8-20(16)36-5/h7-9,13,15,19,30H,6,10-11H2,1-5H3,(H,29,35)(H,31,34)(H,32,33)/t13-,15+,19+/m1/s1. The number of carbonyl (C=O) groups excluding carboxylic acids is 3. The highest BCUT2D eigenvalue weighted by molar-refractivity contribution is 6.01. The van der Waals surface area contributed by atoms with Crippen LogP contribution in [0.4, 0.5) is 8.78 Å². The highest BCUT2D eigenvalue weighted by atomic mass is 19.1. The van der Waals surface area contributed by atoms with Gasteiger partial charge in [0.2, 0.25) is 11.8 Å². The SMILES string of the molecule is COc1cc(F)cc2[nH]c(C(=O)N[C@@H](CC(C)(C)F)C(=O)N[C@H](C#N)C[C@@H]3CC(C)(C)NC3=O)cc12. The third-order valence-corrected chi connectivity index (χ3v) is 6.02. The van der Waals surface area contributed by atoms with Gasteiger partial charge in [-0.2, -0.15) is 5.26 Å². The van der Waals surface area contributed by atoms with Gasteiger partial charge in [-0.15, -0.1) is 0 Å². The lowest BCUT2D eigenvalue weighted by atomic mass is 9.91. The van der Waals surface area contributed by atoms with Crippen LogP contribution in [0.25, 0.3) is 10.9 Å². The quantitative estimate of drug-likeness (QED) is 0.417. The number of carbonyl (C=O) groups is 3. The van der Waals surface area contributed by atoms with Gasteiger partial charge in [0.15, 0.2) is 0 Å². The largest absolute Gasteiger partial charge is 0.496 e. The second-order valence-corrected chi connectivity index (χ2v) is 10.4. The Morgan fingerprint density at radius 1 is 1.31 bits per heavy atom. The van der Waals surface area contributed by atoms with Gasteiger partial charge in [0.1, 0.15) is 35.0 Å². The Labute approximate surface area is 207 Å². The Balaban J connectivity index is 1.76. The van der Waals surface area contributed by atoms with Crippen molar-refractivity contribution in [1.82, 2.24) is 20.9 Å². The van der Waals surface area contributed by atoms with E-state index in [9.17, 15) is 28.4 Å². The van der Waals surface area contributed by atoms with Gasteiger partial charge in [0, 0.05) is 29.3 Å². The van der Waals surface area contributed by atoms with Gasteiger partial charge < -0.3 is 25.7 Å². The van der Waals surface area contributed by atoms with Gasteiger partial charge in [-0.1, -0.05) is 0 Å². The monoisotopic (exact) mass is 503 g/mol. The summed E-state index contributed by atoms with van der Waals surface area (Å²) < 4.78 is 33.5. The Hall–Kier alpha value is -3.68. The molecule has 1 fully saturated rings. The summed E-state index contributed by atoms with van der Waals surface area (Å²) in [7, 11) is 1.37. The van der Waals surface area contributed by atoms with Crippen molar-refractivity contribution in [2.75, 3.05) is 7.11 Å². The van der Waals surface area contributed by atoms with Crippen LogP contribution in [0.15, 0.2) is 18.2 Å². The van der Waals surface area contributed by atoms with E-state index in [1.807, 2.05) is 19.9 Å². The van der Waals surface area contributed by atoms with Crippen molar-refractivity contribution in [3.05, 3.63) is 29.7 Å². The maximum absolute atomic E-state index is 14.5.